The second kappa shape index (κ2) is 7.24. The van der Waals surface area contributed by atoms with Gasteiger partial charge < -0.3 is 5.32 Å². The second-order valence-corrected chi connectivity index (χ2v) is 6.55. The maximum absolute atomic E-state index is 11.6. The maximum Gasteiger partial charge on any atom is 0.245 e. The maximum atomic E-state index is 11.6. The fraction of sp³-hybridized carbons (Fsp3) is 0.200. The van der Waals surface area contributed by atoms with E-state index in [-0.39, 0.29) is 0 Å². The zero-order chi connectivity index (χ0) is 13.6. The molecule has 0 aliphatic heterocycles. The first-order valence-corrected chi connectivity index (χ1v) is 7.01. The summed E-state index contributed by atoms with van der Waals surface area (Å²) in [5.74, 6) is -0.436. The Kier molecular flexibility index (Phi) is 6.29. The van der Waals surface area contributed by atoms with E-state index in [0.717, 1.165) is 4.88 Å². The molecule has 0 saturated carbocycles. The number of thiophene rings is 1. The third kappa shape index (κ3) is 5.48. The van der Waals surface area contributed by atoms with E-state index < -0.39 is 15.9 Å². The number of nitrogens with one attached hydrogen (secondary N) is 1. The zero-order valence-electron chi connectivity index (χ0n) is 8.77. The van der Waals surface area contributed by atoms with Gasteiger partial charge in [-0.1, -0.05) is 40.9 Å². The van der Waals surface area contributed by atoms with Crippen LogP contribution >= 0.6 is 58.4 Å². The molecule has 96 valence electrons. The Morgan fingerprint density at radius 1 is 1.61 bits per heavy atom. The molecular formula is C10H7Cl3N2OS2. The lowest BCUT2D eigenvalue weighted by atomic mass is 10.4. The molecule has 1 amide bonds. The molecule has 0 aromatic carbocycles. The minimum atomic E-state index is -1.78. The van der Waals surface area contributed by atoms with E-state index in [1.54, 1.807) is 6.08 Å². The van der Waals surface area contributed by atoms with E-state index in [1.165, 1.54) is 17.4 Å². The van der Waals surface area contributed by atoms with Crippen molar-refractivity contribution in [2.75, 3.05) is 0 Å². The van der Waals surface area contributed by atoms with Gasteiger partial charge in [-0.3, -0.25) is 4.79 Å². The summed E-state index contributed by atoms with van der Waals surface area (Å²) in [4.78, 5) is 16.1. The summed E-state index contributed by atoms with van der Waals surface area (Å²) < 4.78 is -1.78. The van der Waals surface area contributed by atoms with Crippen molar-refractivity contribution in [1.82, 2.24) is 5.32 Å². The van der Waals surface area contributed by atoms with Crippen molar-refractivity contribution in [3.8, 4) is 0 Å². The highest BCUT2D eigenvalue weighted by Gasteiger charge is 2.33. The summed E-state index contributed by atoms with van der Waals surface area (Å²) in [6.07, 6.45) is 1.91. The highest BCUT2D eigenvalue weighted by molar-refractivity contribution is 7.78. The van der Waals surface area contributed by atoms with Crippen LogP contribution in [-0.2, 0) is 4.79 Å². The number of hydrogen-bond acceptors (Lipinski definition) is 4. The van der Waals surface area contributed by atoms with E-state index in [4.69, 9.17) is 34.8 Å². The van der Waals surface area contributed by atoms with Crippen molar-refractivity contribution in [3.05, 3.63) is 28.5 Å². The normalized spacial score (nSPS) is 13.1. The molecule has 0 aliphatic carbocycles. The number of carbonyl (C=O) groups is 1. The Balaban J connectivity index is 2.65. The van der Waals surface area contributed by atoms with E-state index in [2.05, 4.69) is 27.7 Å². The molecule has 1 aromatic heterocycles. The number of thiocarbonyl (C=S) groups is 1. The molecule has 0 spiro atoms. The Morgan fingerprint density at radius 3 is 2.83 bits per heavy atom. The van der Waals surface area contributed by atoms with Crippen molar-refractivity contribution < 1.29 is 4.79 Å². The number of alkyl halides is 3. The van der Waals surface area contributed by atoms with Gasteiger partial charge in [0.25, 0.3) is 0 Å². The van der Waals surface area contributed by atoms with Crippen molar-refractivity contribution in [2.45, 2.75) is 9.96 Å². The molecule has 8 heteroatoms. The first kappa shape index (κ1) is 15.6. The van der Waals surface area contributed by atoms with Crippen molar-refractivity contribution in [2.24, 2.45) is 4.99 Å². The first-order valence-electron chi connectivity index (χ1n) is 4.59. The van der Waals surface area contributed by atoms with Crippen molar-refractivity contribution in [1.29, 1.82) is 0 Å². The minimum Gasteiger partial charge on any atom is -0.326 e. The molecule has 1 N–H and O–H groups in total. The van der Waals surface area contributed by atoms with Gasteiger partial charge >= 0.3 is 0 Å². The van der Waals surface area contributed by atoms with Crippen molar-refractivity contribution >= 4 is 75.5 Å². The third-order valence-electron chi connectivity index (χ3n) is 1.71. The second-order valence-electron chi connectivity index (χ2n) is 3.02. The van der Waals surface area contributed by atoms with Gasteiger partial charge in [0.1, 0.15) is 0 Å². The zero-order valence-corrected chi connectivity index (χ0v) is 12.7. The van der Waals surface area contributed by atoms with Crippen LogP contribution < -0.4 is 5.32 Å². The molecular weight excluding hydrogens is 335 g/mol. The number of nitrogens with zero attached hydrogens (tertiary/aromatic N) is 1. The summed E-state index contributed by atoms with van der Waals surface area (Å²) >= 11 is 22.8. The van der Waals surface area contributed by atoms with Crippen LogP contribution in [0.4, 0.5) is 0 Å². The number of halogens is 3. The lowest BCUT2D eigenvalue weighted by Crippen LogP contribution is -2.41. The van der Waals surface area contributed by atoms with Crippen LogP contribution in [0.3, 0.4) is 0 Å². The lowest BCUT2D eigenvalue weighted by molar-refractivity contribution is -0.117. The number of carbonyl (C=O) groups excluding carboxylic acids is 1. The summed E-state index contributed by atoms with van der Waals surface area (Å²) in [6.45, 7) is 0. The molecule has 0 saturated heterocycles. The average molecular weight is 342 g/mol. The van der Waals surface area contributed by atoms with Gasteiger partial charge in [0, 0.05) is 11.0 Å². The number of isothiocyanates is 1. The number of hydrogen-bond donors (Lipinski definition) is 1. The number of amides is 1. The Morgan fingerprint density at radius 2 is 2.33 bits per heavy atom. The fourth-order valence-electron chi connectivity index (χ4n) is 0.967. The first-order chi connectivity index (χ1) is 8.43. The molecule has 1 aromatic rings. The predicted molar refractivity (Wildman–Crippen MR) is 80.6 cm³/mol. The van der Waals surface area contributed by atoms with Gasteiger partial charge in [0.15, 0.2) is 6.17 Å². The Labute approximate surface area is 128 Å². The van der Waals surface area contributed by atoms with Crippen LogP contribution in [0.25, 0.3) is 6.08 Å². The molecule has 1 atom stereocenters. The van der Waals surface area contributed by atoms with Crippen LogP contribution in [0.5, 0.6) is 0 Å². The predicted octanol–water partition coefficient (Wildman–Crippen LogP) is 3.68. The largest absolute Gasteiger partial charge is 0.326 e. The lowest BCUT2D eigenvalue weighted by Gasteiger charge is -2.19. The molecule has 3 nitrogen and oxygen atoms in total. The standard InChI is InChI=1S/C10H7Cl3N2OS2/c11-10(12,13)9(14-6-17)15-8(16)4-3-7-2-1-5-18-7/h1-5,9H,(H,15,16)/b4-3+. The third-order valence-corrected chi connectivity index (χ3v) is 3.28. The number of aliphatic imine (C=N–C) groups is 1. The van der Waals surface area contributed by atoms with Gasteiger partial charge in [-0.15, -0.1) is 11.3 Å². The summed E-state index contributed by atoms with van der Waals surface area (Å²) in [5, 5.41) is 6.38. The fourth-order valence-corrected chi connectivity index (χ4v) is 2.00. The molecule has 0 fully saturated rings. The van der Waals surface area contributed by atoms with E-state index >= 15 is 0 Å². The van der Waals surface area contributed by atoms with Gasteiger partial charge in [0.2, 0.25) is 9.70 Å². The monoisotopic (exact) mass is 340 g/mol. The number of rotatable bonds is 4. The van der Waals surface area contributed by atoms with Crippen LogP contribution in [-0.4, -0.2) is 21.0 Å². The minimum absolute atomic E-state index is 0.436. The molecule has 0 aliphatic rings. The molecule has 18 heavy (non-hydrogen) atoms. The molecule has 1 rings (SSSR count). The summed E-state index contributed by atoms with van der Waals surface area (Å²) in [6, 6.07) is 3.75. The molecule has 0 radical (unpaired) electrons. The van der Waals surface area contributed by atoms with Gasteiger partial charge in [-0.2, -0.15) is 0 Å². The highest BCUT2D eigenvalue weighted by Crippen LogP contribution is 2.30. The highest BCUT2D eigenvalue weighted by atomic mass is 35.6. The molecule has 1 unspecified atom stereocenters. The SMILES string of the molecule is O=C(/C=C/c1cccs1)NC(N=C=S)C(Cl)(Cl)Cl. The van der Waals surface area contributed by atoms with Crippen LogP contribution in [0.15, 0.2) is 28.6 Å². The quantitative estimate of drug-likeness (QED) is 0.393. The van der Waals surface area contributed by atoms with Crippen molar-refractivity contribution in [3.63, 3.8) is 0 Å². The van der Waals surface area contributed by atoms with Crippen LogP contribution in [0.2, 0.25) is 0 Å². The molecule has 1 heterocycles. The average Bonchev–Trinajstić information content (AvgIpc) is 2.77. The van der Waals surface area contributed by atoms with E-state index in [9.17, 15) is 4.79 Å². The Hall–Kier alpha value is -0.420. The van der Waals surface area contributed by atoms with E-state index in [0.29, 0.717) is 0 Å². The van der Waals surface area contributed by atoms with E-state index in [1.807, 2.05) is 17.5 Å². The Bertz CT molecular complexity index is 476. The van der Waals surface area contributed by atoms with Crippen LogP contribution in [0, 0.1) is 0 Å². The molecule has 0 bridgehead atoms. The smallest absolute Gasteiger partial charge is 0.245 e. The summed E-state index contributed by atoms with van der Waals surface area (Å²) in [7, 11) is 0. The van der Waals surface area contributed by atoms with Gasteiger partial charge in [-0.05, 0) is 29.7 Å². The topological polar surface area (TPSA) is 41.5 Å². The van der Waals surface area contributed by atoms with Gasteiger partial charge in [0.05, 0.1) is 5.16 Å². The van der Waals surface area contributed by atoms with Gasteiger partial charge in [-0.25, -0.2) is 4.99 Å². The van der Waals surface area contributed by atoms with Crippen LogP contribution in [0.1, 0.15) is 4.88 Å². The summed E-state index contributed by atoms with van der Waals surface area (Å²) in [5.41, 5.74) is 0.